The van der Waals surface area contributed by atoms with Gasteiger partial charge in [0.15, 0.2) is 5.43 Å². The van der Waals surface area contributed by atoms with E-state index in [9.17, 15) is 9.59 Å². The van der Waals surface area contributed by atoms with E-state index in [-0.39, 0.29) is 17.8 Å². The quantitative estimate of drug-likeness (QED) is 0.645. The minimum atomic E-state index is -0.660. The monoisotopic (exact) mass is 372 g/mol. The van der Waals surface area contributed by atoms with Gasteiger partial charge in [0.2, 0.25) is 5.76 Å². The summed E-state index contributed by atoms with van der Waals surface area (Å²) in [6.45, 7) is 2.00. The number of ether oxygens (including phenoxy) is 1. The molecule has 116 valence electrons. The fraction of sp³-hybridized carbons (Fsp3) is 0.111. The van der Waals surface area contributed by atoms with Crippen molar-refractivity contribution in [2.75, 3.05) is 0 Å². The molecule has 0 spiro atoms. The SMILES string of the molecule is Cc1ccc2oc(C(=O)OCc3ccc(Br)cc3)cc(=O)c2c1. The van der Waals surface area contributed by atoms with Gasteiger partial charge in [-0.05, 0) is 36.8 Å². The van der Waals surface area contributed by atoms with Gasteiger partial charge in [-0.1, -0.05) is 39.7 Å². The van der Waals surface area contributed by atoms with Crippen LogP contribution in [0.15, 0.2) is 62.2 Å². The standard InChI is InChI=1S/C18H13BrO4/c1-11-2-7-16-14(8-11)15(20)9-17(23-16)18(21)22-10-12-3-5-13(19)6-4-12/h2-9H,10H2,1H3. The lowest BCUT2D eigenvalue weighted by molar-refractivity contribution is 0.0436. The Bertz CT molecular complexity index is 926. The molecule has 0 saturated heterocycles. The zero-order valence-electron chi connectivity index (χ0n) is 12.3. The van der Waals surface area contributed by atoms with E-state index in [0.29, 0.717) is 11.0 Å². The summed E-state index contributed by atoms with van der Waals surface area (Å²) in [5, 5.41) is 0.453. The van der Waals surface area contributed by atoms with Gasteiger partial charge in [-0.25, -0.2) is 4.79 Å². The van der Waals surface area contributed by atoms with Crippen LogP contribution in [-0.2, 0) is 11.3 Å². The maximum atomic E-state index is 12.1. The van der Waals surface area contributed by atoms with E-state index in [4.69, 9.17) is 9.15 Å². The van der Waals surface area contributed by atoms with Crippen LogP contribution in [0.3, 0.4) is 0 Å². The number of carbonyl (C=O) groups is 1. The van der Waals surface area contributed by atoms with Crippen molar-refractivity contribution in [3.63, 3.8) is 0 Å². The third kappa shape index (κ3) is 3.51. The normalized spacial score (nSPS) is 10.7. The maximum absolute atomic E-state index is 12.1. The molecule has 0 aliphatic rings. The molecule has 0 radical (unpaired) electrons. The number of carbonyl (C=O) groups excluding carboxylic acids is 1. The van der Waals surface area contributed by atoms with Crippen LogP contribution in [0.4, 0.5) is 0 Å². The Morgan fingerprint density at radius 2 is 1.87 bits per heavy atom. The molecule has 0 aliphatic heterocycles. The third-order valence-corrected chi connectivity index (χ3v) is 3.90. The Hall–Kier alpha value is -2.40. The van der Waals surface area contributed by atoms with Gasteiger partial charge in [0.1, 0.15) is 12.2 Å². The first-order valence-corrected chi connectivity index (χ1v) is 7.78. The Morgan fingerprint density at radius 1 is 1.13 bits per heavy atom. The molecule has 0 N–H and O–H groups in total. The summed E-state index contributed by atoms with van der Waals surface area (Å²) in [6.07, 6.45) is 0. The zero-order chi connectivity index (χ0) is 16.4. The van der Waals surface area contributed by atoms with Crippen molar-refractivity contribution >= 4 is 32.9 Å². The topological polar surface area (TPSA) is 56.5 Å². The van der Waals surface area contributed by atoms with Crippen molar-refractivity contribution in [3.8, 4) is 0 Å². The first-order chi connectivity index (χ1) is 11.0. The van der Waals surface area contributed by atoms with Gasteiger partial charge in [0.05, 0.1) is 5.39 Å². The van der Waals surface area contributed by atoms with Gasteiger partial charge < -0.3 is 9.15 Å². The van der Waals surface area contributed by atoms with E-state index in [1.807, 2.05) is 37.3 Å². The second-order valence-corrected chi connectivity index (χ2v) is 6.09. The summed E-state index contributed by atoms with van der Waals surface area (Å²) in [5.74, 6) is -0.754. The molecule has 0 atom stereocenters. The molecular weight excluding hydrogens is 360 g/mol. The molecule has 0 fully saturated rings. The van der Waals surface area contributed by atoms with Gasteiger partial charge in [-0.3, -0.25) is 4.79 Å². The molecule has 0 unspecified atom stereocenters. The van der Waals surface area contributed by atoms with E-state index in [0.717, 1.165) is 15.6 Å². The Kier molecular flexibility index (Phi) is 4.30. The van der Waals surface area contributed by atoms with Crippen LogP contribution in [-0.4, -0.2) is 5.97 Å². The number of hydrogen-bond acceptors (Lipinski definition) is 4. The molecule has 0 bridgehead atoms. The minimum Gasteiger partial charge on any atom is -0.455 e. The number of fused-ring (bicyclic) bond motifs is 1. The van der Waals surface area contributed by atoms with Crippen molar-refractivity contribution in [1.82, 2.24) is 0 Å². The first kappa shape index (κ1) is 15.5. The number of rotatable bonds is 3. The number of hydrogen-bond donors (Lipinski definition) is 0. The predicted octanol–water partition coefficient (Wildman–Crippen LogP) is 4.22. The fourth-order valence-electron chi connectivity index (χ4n) is 2.17. The molecule has 3 rings (SSSR count). The van der Waals surface area contributed by atoms with Gasteiger partial charge in [0, 0.05) is 10.5 Å². The van der Waals surface area contributed by atoms with Crippen molar-refractivity contribution < 1.29 is 13.9 Å². The lowest BCUT2D eigenvalue weighted by Gasteiger charge is -2.05. The molecule has 5 heteroatoms. The average molecular weight is 373 g/mol. The molecule has 0 amide bonds. The summed E-state index contributed by atoms with van der Waals surface area (Å²) in [7, 11) is 0. The number of benzene rings is 2. The van der Waals surface area contributed by atoms with E-state index in [2.05, 4.69) is 15.9 Å². The molecule has 1 aromatic heterocycles. The molecule has 23 heavy (non-hydrogen) atoms. The first-order valence-electron chi connectivity index (χ1n) is 6.99. The summed E-state index contributed by atoms with van der Waals surface area (Å²) in [4.78, 5) is 24.2. The van der Waals surface area contributed by atoms with E-state index in [1.165, 1.54) is 6.07 Å². The van der Waals surface area contributed by atoms with Crippen molar-refractivity contribution in [2.45, 2.75) is 13.5 Å². The molecule has 0 saturated carbocycles. The zero-order valence-corrected chi connectivity index (χ0v) is 13.9. The van der Waals surface area contributed by atoms with E-state index >= 15 is 0 Å². The molecule has 3 aromatic rings. The summed E-state index contributed by atoms with van der Waals surface area (Å²) in [5.41, 5.74) is 1.92. The molecule has 4 nitrogen and oxygen atoms in total. The maximum Gasteiger partial charge on any atom is 0.374 e. The van der Waals surface area contributed by atoms with Crippen LogP contribution in [0.2, 0.25) is 0 Å². The van der Waals surface area contributed by atoms with Crippen LogP contribution >= 0.6 is 15.9 Å². The third-order valence-electron chi connectivity index (χ3n) is 3.37. The van der Waals surface area contributed by atoms with Crippen LogP contribution < -0.4 is 5.43 Å². The number of esters is 1. The molecule has 0 aliphatic carbocycles. The lowest BCUT2D eigenvalue weighted by atomic mass is 10.1. The van der Waals surface area contributed by atoms with Crippen LogP contribution in [0, 0.1) is 6.92 Å². The highest BCUT2D eigenvalue weighted by atomic mass is 79.9. The van der Waals surface area contributed by atoms with Crippen molar-refractivity contribution in [1.29, 1.82) is 0 Å². The fourth-order valence-corrected chi connectivity index (χ4v) is 2.44. The van der Waals surface area contributed by atoms with Gasteiger partial charge in [-0.2, -0.15) is 0 Å². The molecule has 2 aromatic carbocycles. The Morgan fingerprint density at radius 3 is 2.61 bits per heavy atom. The van der Waals surface area contributed by atoms with Gasteiger partial charge >= 0.3 is 5.97 Å². The molecule has 1 heterocycles. The van der Waals surface area contributed by atoms with Gasteiger partial charge in [-0.15, -0.1) is 0 Å². The minimum absolute atomic E-state index is 0.0940. The van der Waals surface area contributed by atoms with Crippen LogP contribution in [0.25, 0.3) is 11.0 Å². The summed E-state index contributed by atoms with van der Waals surface area (Å²) in [6, 6.07) is 13.8. The Labute approximate surface area is 140 Å². The summed E-state index contributed by atoms with van der Waals surface area (Å²) >= 11 is 3.34. The Balaban J connectivity index is 1.82. The number of aryl methyl sites for hydroxylation is 1. The predicted molar refractivity (Wildman–Crippen MR) is 90.5 cm³/mol. The summed E-state index contributed by atoms with van der Waals surface area (Å²) < 4.78 is 11.6. The van der Waals surface area contributed by atoms with Crippen LogP contribution in [0.5, 0.6) is 0 Å². The van der Waals surface area contributed by atoms with Crippen molar-refractivity contribution in [2.24, 2.45) is 0 Å². The second kappa shape index (κ2) is 6.38. The van der Waals surface area contributed by atoms with Gasteiger partial charge in [0.25, 0.3) is 0 Å². The molecular formula is C18H13BrO4. The van der Waals surface area contributed by atoms with E-state index in [1.54, 1.807) is 12.1 Å². The average Bonchev–Trinajstić information content (AvgIpc) is 2.54. The van der Waals surface area contributed by atoms with Crippen molar-refractivity contribution in [3.05, 3.63) is 80.1 Å². The second-order valence-electron chi connectivity index (χ2n) is 5.18. The highest BCUT2D eigenvalue weighted by molar-refractivity contribution is 9.10. The van der Waals surface area contributed by atoms with Crippen LogP contribution in [0.1, 0.15) is 21.7 Å². The number of halogens is 1. The highest BCUT2D eigenvalue weighted by Crippen LogP contribution is 2.16. The van der Waals surface area contributed by atoms with E-state index < -0.39 is 5.97 Å². The lowest BCUT2D eigenvalue weighted by Crippen LogP contribution is -2.10. The smallest absolute Gasteiger partial charge is 0.374 e. The largest absolute Gasteiger partial charge is 0.455 e. The highest BCUT2D eigenvalue weighted by Gasteiger charge is 2.14.